The molecule has 0 aromatic rings. The summed E-state index contributed by atoms with van der Waals surface area (Å²) < 4.78 is 0. The van der Waals surface area contributed by atoms with Crippen molar-refractivity contribution >= 4 is 11.4 Å². The zero-order chi connectivity index (χ0) is 33.8. The van der Waals surface area contributed by atoms with E-state index in [-0.39, 0.29) is 10.8 Å². The lowest BCUT2D eigenvalue weighted by atomic mass is 9.77. The van der Waals surface area contributed by atoms with Crippen molar-refractivity contribution in [1.29, 1.82) is 0 Å². The molecule has 0 atom stereocenters. The van der Waals surface area contributed by atoms with Gasteiger partial charge < -0.3 is 0 Å². The molecule has 0 bridgehead atoms. The highest BCUT2D eigenvalue weighted by Gasteiger charge is 2.29. The highest BCUT2D eigenvalue weighted by molar-refractivity contribution is 6.56. The molecular weight excluding hydrogens is 532 g/mol. The molecular formula is C42H70N2. The number of allylic oxidation sites excluding steroid dienone is 12. The molecule has 2 nitrogen and oxygen atoms in total. The molecule has 1 aliphatic carbocycles. The quantitative estimate of drug-likeness (QED) is 0.107. The maximum absolute atomic E-state index is 4.93. The van der Waals surface area contributed by atoms with Crippen LogP contribution in [0.4, 0.5) is 0 Å². The van der Waals surface area contributed by atoms with Gasteiger partial charge >= 0.3 is 0 Å². The van der Waals surface area contributed by atoms with E-state index < -0.39 is 0 Å². The van der Waals surface area contributed by atoms with Crippen LogP contribution < -0.4 is 0 Å². The monoisotopic (exact) mass is 603 g/mol. The van der Waals surface area contributed by atoms with E-state index in [0.717, 1.165) is 24.3 Å². The number of nitrogens with zero attached hydrogens (tertiary/aromatic N) is 2. The first kappa shape index (κ1) is 39.8. The summed E-state index contributed by atoms with van der Waals surface area (Å²) in [5.41, 5.74) is 16.0. The fraction of sp³-hybridized carbons (Fsp3) is 0.667. The number of aliphatic imine (C=N–C) groups is 2. The van der Waals surface area contributed by atoms with Crippen LogP contribution in [-0.2, 0) is 0 Å². The third-order valence-corrected chi connectivity index (χ3v) is 9.84. The molecule has 0 heterocycles. The van der Waals surface area contributed by atoms with E-state index in [0.29, 0.717) is 0 Å². The van der Waals surface area contributed by atoms with Gasteiger partial charge in [-0.05, 0) is 111 Å². The van der Waals surface area contributed by atoms with Gasteiger partial charge in [0, 0.05) is 25.2 Å². The van der Waals surface area contributed by atoms with Gasteiger partial charge in [-0.25, -0.2) is 0 Å². The Morgan fingerprint density at radius 3 is 1.11 bits per heavy atom. The largest absolute Gasteiger partial charge is 0.286 e. The highest BCUT2D eigenvalue weighted by Crippen LogP contribution is 2.38. The molecule has 44 heavy (non-hydrogen) atoms. The maximum atomic E-state index is 4.93. The Labute approximate surface area is 274 Å². The van der Waals surface area contributed by atoms with E-state index in [9.17, 15) is 0 Å². The van der Waals surface area contributed by atoms with Gasteiger partial charge in [0.25, 0.3) is 0 Å². The molecule has 0 unspecified atom stereocenters. The summed E-state index contributed by atoms with van der Waals surface area (Å²) in [7, 11) is 3.87. The van der Waals surface area contributed by atoms with Gasteiger partial charge in [-0.2, -0.15) is 0 Å². The summed E-state index contributed by atoms with van der Waals surface area (Å²) in [5.74, 6) is 0. The average Bonchev–Trinajstić information content (AvgIpc) is 2.94. The molecule has 0 radical (unpaired) electrons. The third-order valence-electron chi connectivity index (χ3n) is 9.84. The Balaban J connectivity index is 3.88. The van der Waals surface area contributed by atoms with E-state index in [1.807, 2.05) is 14.1 Å². The van der Waals surface area contributed by atoms with Crippen LogP contribution in [0.5, 0.6) is 0 Å². The minimum Gasteiger partial charge on any atom is -0.286 e. The molecule has 2 heteroatoms. The van der Waals surface area contributed by atoms with E-state index in [1.165, 1.54) is 107 Å². The second kappa shape index (κ2) is 18.1. The van der Waals surface area contributed by atoms with E-state index in [2.05, 4.69) is 109 Å². The van der Waals surface area contributed by atoms with Crippen molar-refractivity contribution < 1.29 is 0 Å². The first-order valence-corrected chi connectivity index (χ1v) is 17.6. The number of hydrogen-bond acceptors (Lipinski definition) is 2. The molecule has 0 aromatic heterocycles. The van der Waals surface area contributed by atoms with Gasteiger partial charge in [0.15, 0.2) is 0 Å². The summed E-state index contributed by atoms with van der Waals surface area (Å²) in [5, 5.41) is 0. The smallest absolute Gasteiger partial charge is 0.0906 e. The summed E-state index contributed by atoms with van der Waals surface area (Å²) in [4.78, 5) is 9.86. The van der Waals surface area contributed by atoms with Crippen LogP contribution in [0, 0.1) is 10.8 Å². The molecule has 248 valence electrons. The average molecular weight is 603 g/mol. The Morgan fingerprint density at radius 2 is 0.864 bits per heavy atom. The molecule has 0 fully saturated rings. The Kier molecular flexibility index (Phi) is 16.3. The third kappa shape index (κ3) is 11.0. The van der Waals surface area contributed by atoms with Crippen LogP contribution in [-0.4, -0.2) is 25.5 Å². The van der Waals surface area contributed by atoms with Crippen molar-refractivity contribution in [3.63, 3.8) is 0 Å². The summed E-state index contributed by atoms with van der Waals surface area (Å²) in [6.07, 6.45) is 17.4. The fourth-order valence-electron chi connectivity index (χ4n) is 6.22. The summed E-state index contributed by atoms with van der Waals surface area (Å²) in [6.45, 7) is 32.4. The molecule has 0 saturated heterocycles. The van der Waals surface area contributed by atoms with Crippen LogP contribution in [0.2, 0.25) is 0 Å². The van der Waals surface area contributed by atoms with Crippen LogP contribution in [0.25, 0.3) is 0 Å². The van der Waals surface area contributed by atoms with Crippen molar-refractivity contribution in [3.05, 3.63) is 67.9 Å². The minimum atomic E-state index is 0.141. The Hall–Kier alpha value is -2.22. The van der Waals surface area contributed by atoms with Gasteiger partial charge in [0.1, 0.15) is 0 Å². The second-order valence-electron chi connectivity index (χ2n) is 15.2. The van der Waals surface area contributed by atoms with Crippen LogP contribution in [0.15, 0.2) is 77.9 Å². The zero-order valence-electron chi connectivity index (χ0n) is 32.1. The number of unbranched alkanes of at least 4 members (excludes halogenated alkanes) is 6. The standard InChI is InChI=1S/C42H70N2/c1-17-19-21-23-25-35(33(7)41(9,10)11)27-29(3)37-31(5)32(6)38(40(44-16)39(37)43-15)30(4)28-36(26-24-22-20-18-2)34(8)42(12,13)14/h27-28H,17-26H2,1-16H3/b29-27+,30-28+,35-33+,36-34+,43-39-,44-40-. The van der Waals surface area contributed by atoms with Crippen molar-refractivity contribution in [3.8, 4) is 0 Å². The van der Waals surface area contributed by atoms with Gasteiger partial charge in [-0.15, -0.1) is 0 Å². The van der Waals surface area contributed by atoms with Crippen molar-refractivity contribution in [2.24, 2.45) is 20.8 Å². The van der Waals surface area contributed by atoms with Crippen molar-refractivity contribution in [2.45, 2.75) is 161 Å². The summed E-state index contributed by atoms with van der Waals surface area (Å²) in [6, 6.07) is 0. The van der Waals surface area contributed by atoms with Gasteiger partial charge in [-0.1, -0.05) is 117 Å². The molecule has 1 aliphatic rings. The lowest BCUT2D eigenvalue weighted by Crippen LogP contribution is -2.27. The van der Waals surface area contributed by atoms with Gasteiger partial charge in [-0.3, -0.25) is 9.98 Å². The molecule has 0 spiro atoms. The molecule has 0 amide bonds. The number of rotatable bonds is 14. The zero-order valence-corrected chi connectivity index (χ0v) is 32.1. The fourth-order valence-corrected chi connectivity index (χ4v) is 6.22. The predicted octanol–water partition coefficient (Wildman–Crippen LogP) is 13.3. The lowest BCUT2D eigenvalue weighted by molar-refractivity contribution is 0.495. The molecule has 0 N–H and O–H groups in total. The highest BCUT2D eigenvalue weighted by atomic mass is 14.8. The van der Waals surface area contributed by atoms with Gasteiger partial charge in [0.2, 0.25) is 0 Å². The second-order valence-corrected chi connectivity index (χ2v) is 15.2. The number of hydrogen-bond donors (Lipinski definition) is 0. The van der Waals surface area contributed by atoms with E-state index in [4.69, 9.17) is 9.98 Å². The molecule has 1 rings (SSSR count). The van der Waals surface area contributed by atoms with E-state index in [1.54, 1.807) is 0 Å². The first-order valence-electron chi connectivity index (χ1n) is 17.6. The topological polar surface area (TPSA) is 24.7 Å². The molecule has 0 aromatic carbocycles. The Morgan fingerprint density at radius 1 is 0.545 bits per heavy atom. The molecule has 0 saturated carbocycles. The first-order chi connectivity index (χ1) is 20.5. The van der Waals surface area contributed by atoms with Crippen molar-refractivity contribution in [1.82, 2.24) is 0 Å². The Bertz CT molecular complexity index is 1140. The van der Waals surface area contributed by atoms with Crippen LogP contribution in [0.1, 0.15) is 161 Å². The summed E-state index contributed by atoms with van der Waals surface area (Å²) >= 11 is 0. The lowest BCUT2D eigenvalue weighted by Gasteiger charge is -2.29. The normalized spacial score (nSPS) is 18.9. The predicted molar refractivity (Wildman–Crippen MR) is 201 cm³/mol. The van der Waals surface area contributed by atoms with Crippen LogP contribution >= 0.6 is 0 Å². The van der Waals surface area contributed by atoms with Crippen LogP contribution in [0.3, 0.4) is 0 Å². The maximum Gasteiger partial charge on any atom is 0.0906 e. The minimum absolute atomic E-state index is 0.141. The van der Waals surface area contributed by atoms with Crippen molar-refractivity contribution in [2.75, 3.05) is 14.1 Å². The van der Waals surface area contributed by atoms with E-state index >= 15 is 0 Å². The molecule has 0 aliphatic heterocycles. The van der Waals surface area contributed by atoms with Gasteiger partial charge in [0.05, 0.1) is 11.4 Å². The SMILES string of the molecule is CCCCCCC(/C=C(\C)C1=C(C)C(C)=C(/C(C)=C/C(CCCCCC)=C(\C)C(C)(C)C)C(=N/C)/C1=N\C)=C(/C)C(C)(C)C.